The topological polar surface area (TPSA) is 337 Å². The van der Waals surface area contributed by atoms with Crippen LogP contribution in [0.3, 0.4) is 0 Å². The number of rotatable bonds is 16. The maximum absolute atomic E-state index is 12.0. The van der Waals surface area contributed by atoms with Crippen molar-refractivity contribution in [2.24, 2.45) is 0 Å². The maximum atomic E-state index is 12.0. The van der Waals surface area contributed by atoms with Gasteiger partial charge in [0.05, 0.1) is 40.8 Å². The van der Waals surface area contributed by atoms with Gasteiger partial charge in [0.1, 0.15) is 125 Å². The van der Waals surface area contributed by atoms with Crippen LogP contribution in [0.1, 0.15) is 97.4 Å². The number of aryl methyl sites for hydroxylation is 3. The normalized spacial score (nSPS) is 32.1. The minimum Gasteiger partial charge on any atom is -0.391 e. The van der Waals surface area contributed by atoms with Crippen molar-refractivity contribution in [3.8, 4) is 0 Å². The van der Waals surface area contributed by atoms with Gasteiger partial charge in [0.25, 0.3) is 0 Å². The summed E-state index contributed by atoms with van der Waals surface area (Å²) in [4.78, 5) is 46.0. The molecule has 92 heavy (non-hydrogen) atoms. The lowest BCUT2D eigenvalue weighted by Gasteiger charge is -2.34. The van der Waals surface area contributed by atoms with Crippen molar-refractivity contribution in [2.75, 3.05) is 62.6 Å². The molecule has 12 heterocycles. The number of nitrogen functional groups attached to an aromatic ring is 1. The standard InChI is InChI=1S/2C16H23N3O4.C16H21N3O4.C15H22N4O4/c3*1-9-11-6-7-19(14(11)18-8-17-9)15-13(21-4)16(3,22-5)12(23-15)10(2)20;1-8(20)10-15(2,22-4)11(21-3)14(23-10)19-6-5-9-12(16)17-7-18-13(9)19/h2*6-8,10,12-13,15,20H,1-5H3;6-8,12-13,15H,1-5H3;5-8,10-11,14,20H,1-4H3,(H2,16,17,18)/t2*10-,12-,13+,15-,16-;12-,13+,15-,16-;8-,10-,11+,14-,15-/m1111/s1. The van der Waals surface area contributed by atoms with Crippen LogP contribution in [-0.2, 0) is 61.6 Å². The van der Waals surface area contributed by atoms with E-state index in [9.17, 15) is 20.1 Å². The third-order valence-corrected chi connectivity index (χ3v) is 18.9. The summed E-state index contributed by atoms with van der Waals surface area (Å²) >= 11 is 0. The van der Waals surface area contributed by atoms with E-state index in [0.29, 0.717) is 11.5 Å². The van der Waals surface area contributed by atoms with E-state index < -0.39 is 114 Å². The van der Waals surface area contributed by atoms with Gasteiger partial charge in [0, 0.05) is 97.8 Å². The highest BCUT2D eigenvalue weighted by atomic mass is 16.6. The molecule has 0 radical (unpaired) electrons. The number of hydrogen-bond acceptors (Lipinski definition) is 25. The van der Waals surface area contributed by atoms with Crippen LogP contribution in [0.15, 0.2) is 74.4 Å². The highest BCUT2D eigenvalue weighted by Gasteiger charge is 2.61. The molecular weight excluding hydrogens is 1190 g/mol. The van der Waals surface area contributed by atoms with E-state index >= 15 is 0 Å². The zero-order valence-electron chi connectivity index (χ0n) is 55.7. The number of nitrogens with zero attached hydrogens (tertiary/aromatic N) is 12. The van der Waals surface area contributed by atoms with Crippen LogP contribution in [0.4, 0.5) is 5.82 Å². The monoisotopic (exact) mass is 1280 g/mol. The van der Waals surface area contributed by atoms with E-state index in [0.717, 1.165) is 55.6 Å². The molecule has 4 aliphatic rings. The predicted octanol–water partition coefficient (Wildman–Crippen LogP) is 5.23. The molecule has 8 aromatic rings. The van der Waals surface area contributed by atoms with Crippen molar-refractivity contribution in [3.63, 3.8) is 0 Å². The van der Waals surface area contributed by atoms with Gasteiger partial charge in [-0.15, -0.1) is 0 Å². The average molecular weight is 1280 g/mol. The Balaban J connectivity index is 0.000000145. The number of fused-ring (bicyclic) bond motifs is 4. The molecule has 5 N–H and O–H groups in total. The Morgan fingerprint density at radius 1 is 0.446 bits per heavy atom. The second-order valence-electron chi connectivity index (χ2n) is 24.2. The van der Waals surface area contributed by atoms with Crippen LogP contribution < -0.4 is 5.73 Å². The number of carbonyl (C=O) groups excluding carboxylic acids is 1. The summed E-state index contributed by atoms with van der Waals surface area (Å²) in [5, 5.41) is 33.9. The maximum Gasteiger partial charge on any atom is 0.165 e. The molecule has 4 aliphatic heterocycles. The average Bonchev–Trinajstić information content (AvgIpc) is 1.62. The number of anilines is 1. The molecule has 502 valence electrons. The fourth-order valence-electron chi connectivity index (χ4n) is 13.7. The van der Waals surface area contributed by atoms with E-state index in [1.807, 2.05) is 116 Å². The van der Waals surface area contributed by atoms with Gasteiger partial charge < -0.3 is 96.2 Å². The Labute approximate surface area is 533 Å². The molecule has 8 aromatic heterocycles. The Kier molecular flexibility index (Phi) is 21.0. The third-order valence-electron chi connectivity index (χ3n) is 18.9. The van der Waals surface area contributed by atoms with E-state index in [1.54, 1.807) is 77.6 Å². The summed E-state index contributed by atoms with van der Waals surface area (Å²) in [7, 11) is 12.8. The number of ether oxygens (including phenoxy) is 12. The Morgan fingerprint density at radius 2 is 0.707 bits per heavy atom. The number of ketones is 1. The molecule has 29 heteroatoms. The van der Waals surface area contributed by atoms with Gasteiger partial charge in [-0.3, -0.25) is 4.79 Å². The fourth-order valence-corrected chi connectivity index (χ4v) is 13.7. The molecular formula is C63H89N13O16. The number of methoxy groups -OCH3 is 8. The predicted molar refractivity (Wildman–Crippen MR) is 335 cm³/mol. The molecule has 0 aliphatic carbocycles. The number of aliphatic hydroxyl groups excluding tert-OH is 3. The molecule has 0 amide bonds. The molecule has 19 atom stereocenters. The molecule has 0 unspecified atom stereocenters. The summed E-state index contributed by atoms with van der Waals surface area (Å²) in [6, 6.07) is 7.69. The Morgan fingerprint density at radius 3 is 0.978 bits per heavy atom. The quantitative estimate of drug-likeness (QED) is 0.0961. The molecule has 29 nitrogen and oxygen atoms in total. The van der Waals surface area contributed by atoms with Gasteiger partial charge in [-0.1, -0.05) is 0 Å². The first kappa shape index (κ1) is 69.7. The second kappa shape index (κ2) is 27.7. The summed E-state index contributed by atoms with van der Waals surface area (Å²) < 4.78 is 77.2. The van der Waals surface area contributed by atoms with Crippen LogP contribution in [0, 0.1) is 20.8 Å². The molecule has 0 spiro atoms. The van der Waals surface area contributed by atoms with Gasteiger partial charge in [-0.2, -0.15) is 0 Å². The number of aliphatic hydroxyl groups is 3. The molecule has 12 rings (SSSR count). The fraction of sp³-hybridized carbons (Fsp3) is 0.603. The van der Waals surface area contributed by atoms with Crippen LogP contribution in [0.25, 0.3) is 44.1 Å². The molecule has 0 saturated carbocycles. The number of Topliss-reactive ketones (excluding diaryl/α,β-unsaturated/α-hetero) is 1. The van der Waals surface area contributed by atoms with E-state index in [-0.39, 0.29) is 5.78 Å². The molecule has 4 fully saturated rings. The van der Waals surface area contributed by atoms with Crippen molar-refractivity contribution in [1.29, 1.82) is 0 Å². The van der Waals surface area contributed by atoms with Crippen molar-refractivity contribution in [1.82, 2.24) is 58.1 Å². The van der Waals surface area contributed by atoms with Crippen molar-refractivity contribution >= 4 is 55.7 Å². The lowest BCUT2D eigenvalue weighted by Crippen LogP contribution is -2.51. The minimum atomic E-state index is -0.871. The van der Waals surface area contributed by atoms with E-state index in [1.165, 1.54) is 32.2 Å². The first-order valence-corrected chi connectivity index (χ1v) is 30.1. The van der Waals surface area contributed by atoms with E-state index in [2.05, 4.69) is 39.9 Å². The SMILES string of the molecule is CO[C@H]1[C@H](n2ccc3c(C)ncnc32)O[C@H](C(C)=O)[C@@]1(C)OC.CO[C@H]1[C@H](n2ccc3c(C)ncnc32)O[C@H]([C@@H](C)O)[C@@]1(C)OC.CO[C@H]1[C@H](n2ccc3c(C)ncnc32)O[C@H]([C@@H](C)O)[C@@]1(C)OC.CO[C@H]1[C@H](n2ccc3c(N)ncnc32)O[C@H]([C@@H](C)O)[C@@]1(C)OC. The lowest BCUT2D eigenvalue weighted by atomic mass is 9.91. The van der Waals surface area contributed by atoms with Gasteiger partial charge in [-0.25, -0.2) is 39.9 Å². The van der Waals surface area contributed by atoms with Crippen LogP contribution in [0.5, 0.6) is 0 Å². The van der Waals surface area contributed by atoms with Gasteiger partial charge in [-0.05, 0) is 100 Å². The van der Waals surface area contributed by atoms with Gasteiger partial charge in [0.15, 0.2) is 30.7 Å². The highest BCUT2D eigenvalue weighted by Crippen LogP contribution is 2.47. The van der Waals surface area contributed by atoms with E-state index in [4.69, 9.17) is 62.6 Å². The smallest absolute Gasteiger partial charge is 0.165 e. The molecule has 0 aromatic carbocycles. The van der Waals surface area contributed by atoms with Crippen molar-refractivity contribution in [2.45, 2.75) is 191 Å². The van der Waals surface area contributed by atoms with Crippen molar-refractivity contribution < 1.29 is 77.0 Å². The number of aromatic nitrogens is 12. The summed E-state index contributed by atoms with van der Waals surface area (Å²) in [6.45, 7) is 19.8. The van der Waals surface area contributed by atoms with Gasteiger partial charge in [0.2, 0.25) is 0 Å². The lowest BCUT2D eigenvalue weighted by molar-refractivity contribution is -0.143. The van der Waals surface area contributed by atoms with Crippen LogP contribution in [0.2, 0.25) is 0 Å². The van der Waals surface area contributed by atoms with Crippen LogP contribution in [-0.4, -0.2) is 226 Å². The summed E-state index contributed by atoms with van der Waals surface area (Å²) in [5.41, 5.74) is 8.30. The number of nitrogens with two attached hydrogens (primary N) is 1. The van der Waals surface area contributed by atoms with Crippen molar-refractivity contribution in [3.05, 3.63) is 91.4 Å². The first-order valence-electron chi connectivity index (χ1n) is 30.1. The summed E-state index contributed by atoms with van der Waals surface area (Å²) in [5.74, 6) is 0.309. The zero-order chi connectivity index (χ0) is 67.1. The van der Waals surface area contributed by atoms with Crippen LogP contribution >= 0.6 is 0 Å². The molecule has 4 saturated heterocycles. The number of hydrogen-bond donors (Lipinski definition) is 4. The second-order valence-corrected chi connectivity index (χ2v) is 24.2. The molecule has 0 bridgehead atoms. The highest BCUT2D eigenvalue weighted by molar-refractivity contribution is 5.86. The number of carbonyl (C=O) groups is 1. The largest absolute Gasteiger partial charge is 0.391 e. The Hall–Kier alpha value is -6.65. The minimum absolute atomic E-state index is 0.0961. The Bertz CT molecular complexity index is 3540. The third kappa shape index (κ3) is 12.0. The zero-order valence-corrected chi connectivity index (χ0v) is 55.7. The van der Waals surface area contributed by atoms with Gasteiger partial charge >= 0.3 is 0 Å². The summed E-state index contributed by atoms with van der Waals surface area (Å²) in [6.07, 6.45) is 5.56. The first-order chi connectivity index (χ1) is 43.7.